The molecule has 17 heavy (non-hydrogen) atoms. The van der Waals surface area contributed by atoms with Crippen LogP contribution >= 0.6 is 0 Å². The molecule has 2 heteroatoms. The van der Waals surface area contributed by atoms with Gasteiger partial charge in [0.1, 0.15) is 0 Å². The van der Waals surface area contributed by atoms with Gasteiger partial charge in [-0.2, -0.15) is 0 Å². The quantitative estimate of drug-likeness (QED) is 0.759. The van der Waals surface area contributed by atoms with Crippen molar-refractivity contribution in [1.29, 1.82) is 0 Å². The van der Waals surface area contributed by atoms with E-state index >= 15 is 0 Å². The maximum atomic E-state index is 12.0. The van der Waals surface area contributed by atoms with Crippen molar-refractivity contribution in [3.8, 4) is 0 Å². The SMILES string of the molecule is CC(C)c1ccc(N2CCCCCC2=O)cc1. The molecule has 0 bridgehead atoms. The van der Waals surface area contributed by atoms with Gasteiger partial charge in [0.2, 0.25) is 5.91 Å². The van der Waals surface area contributed by atoms with Crippen LogP contribution in [-0.4, -0.2) is 12.5 Å². The first kappa shape index (κ1) is 12.2. The van der Waals surface area contributed by atoms with Crippen LogP contribution in [0.15, 0.2) is 24.3 Å². The van der Waals surface area contributed by atoms with E-state index in [0.717, 1.165) is 25.1 Å². The molecule has 0 saturated carbocycles. The van der Waals surface area contributed by atoms with Crippen LogP contribution in [0, 0.1) is 0 Å². The van der Waals surface area contributed by atoms with Gasteiger partial charge in [0.25, 0.3) is 0 Å². The molecule has 0 aliphatic carbocycles. The van der Waals surface area contributed by atoms with Gasteiger partial charge in [-0.3, -0.25) is 4.79 Å². The Morgan fingerprint density at radius 2 is 1.76 bits per heavy atom. The summed E-state index contributed by atoms with van der Waals surface area (Å²) in [5, 5.41) is 0. The molecular formula is C15H21NO. The summed E-state index contributed by atoms with van der Waals surface area (Å²) in [4.78, 5) is 13.9. The van der Waals surface area contributed by atoms with Crippen LogP contribution in [-0.2, 0) is 4.79 Å². The van der Waals surface area contributed by atoms with E-state index < -0.39 is 0 Å². The fourth-order valence-corrected chi connectivity index (χ4v) is 2.29. The Labute approximate surface area is 104 Å². The average molecular weight is 231 g/mol. The van der Waals surface area contributed by atoms with Crippen molar-refractivity contribution < 1.29 is 4.79 Å². The molecule has 0 unspecified atom stereocenters. The maximum Gasteiger partial charge on any atom is 0.226 e. The summed E-state index contributed by atoms with van der Waals surface area (Å²) in [5.74, 6) is 0.823. The molecule has 1 heterocycles. The number of nitrogens with zero attached hydrogens (tertiary/aromatic N) is 1. The molecule has 1 amide bonds. The first-order chi connectivity index (χ1) is 8.18. The number of benzene rings is 1. The summed E-state index contributed by atoms with van der Waals surface area (Å²) in [6, 6.07) is 8.44. The Hall–Kier alpha value is -1.31. The Balaban J connectivity index is 2.17. The Kier molecular flexibility index (Phi) is 3.82. The third-order valence-electron chi connectivity index (χ3n) is 3.44. The molecule has 0 N–H and O–H groups in total. The van der Waals surface area contributed by atoms with Gasteiger partial charge in [0.05, 0.1) is 0 Å². The van der Waals surface area contributed by atoms with Crippen LogP contribution in [0.25, 0.3) is 0 Å². The first-order valence-corrected chi connectivity index (χ1v) is 6.59. The molecule has 0 atom stereocenters. The summed E-state index contributed by atoms with van der Waals surface area (Å²) in [6.45, 7) is 5.25. The number of rotatable bonds is 2. The minimum absolute atomic E-state index is 0.278. The van der Waals surface area contributed by atoms with Crippen LogP contribution in [0.1, 0.15) is 51.0 Å². The highest BCUT2D eigenvalue weighted by Crippen LogP contribution is 2.23. The summed E-state index contributed by atoms with van der Waals surface area (Å²) >= 11 is 0. The van der Waals surface area contributed by atoms with Crippen LogP contribution in [0.3, 0.4) is 0 Å². The predicted octanol–water partition coefficient (Wildman–Crippen LogP) is 3.72. The fraction of sp³-hybridized carbons (Fsp3) is 0.533. The average Bonchev–Trinajstić information content (AvgIpc) is 2.54. The van der Waals surface area contributed by atoms with Gasteiger partial charge < -0.3 is 4.90 Å². The lowest BCUT2D eigenvalue weighted by Crippen LogP contribution is -2.29. The van der Waals surface area contributed by atoms with Gasteiger partial charge in [-0.15, -0.1) is 0 Å². The van der Waals surface area contributed by atoms with Gasteiger partial charge in [0.15, 0.2) is 0 Å². The van der Waals surface area contributed by atoms with Crippen LogP contribution in [0.4, 0.5) is 5.69 Å². The predicted molar refractivity (Wildman–Crippen MR) is 71.4 cm³/mol. The van der Waals surface area contributed by atoms with E-state index in [1.165, 1.54) is 12.0 Å². The minimum Gasteiger partial charge on any atom is -0.312 e. The molecule has 0 spiro atoms. The van der Waals surface area contributed by atoms with Gasteiger partial charge in [0, 0.05) is 18.7 Å². The molecule has 1 saturated heterocycles. The molecule has 1 fully saturated rings. The number of carbonyl (C=O) groups is 1. The summed E-state index contributed by atoms with van der Waals surface area (Å²) in [6.07, 6.45) is 4.04. The lowest BCUT2D eigenvalue weighted by atomic mass is 10.0. The van der Waals surface area contributed by atoms with Gasteiger partial charge in [-0.1, -0.05) is 32.4 Å². The smallest absolute Gasteiger partial charge is 0.226 e. The van der Waals surface area contributed by atoms with E-state index in [-0.39, 0.29) is 5.91 Å². The van der Waals surface area contributed by atoms with E-state index in [9.17, 15) is 4.79 Å². The van der Waals surface area contributed by atoms with Crippen molar-refractivity contribution in [2.45, 2.75) is 45.4 Å². The lowest BCUT2D eigenvalue weighted by molar-refractivity contribution is -0.118. The van der Waals surface area contributed by atoms with Crippen molar-refractivity contribution in [2.75, 3.05) is 11.4 Å². The highest BCUT2D eigenvalue weighted by molar-refractivity contribution is 5.93. The molecule has 1 aromatic rings. The zero-order valence-corrected chi connectivity index (χ0v) is 10.8. The lowest BCUT2D eigenvalue weighted by Gasteiger charge is -2.21. The van der Waals surface area contributed by atoms with Crippen LogP contribution in [0.5, 0.6) is 0 Å². The van der Waals surface area contributed by atoms with Gasteiger partial charge in [-0.25, -0.2) is 0 Å². The second kappa shape index (κ2) is 5.35. The summed E-state index contributed by atoms with van der Waals surface area (Å²) < 4.78 is 0. The van der Waals surface area contributed by atoms with Crippen molar-refractivity contribution in [2.24, 2.45) is 0 Å². The molecule has 2 rings (SSSR count). The molecule has 0 aromatic heterocycles. The Morgan fingerprint density at radius 3 is 2.41 bits per heavy atom. The number of anilines is 1. The number of hydrogen-bond acceptors (Lipinski definition) is 1. The topological polar surface area (TPSA) is 20.3 Å². The second-order valence-electron chi connectivity index (χ2n) is 5.10. The van der Waals surface area contributed by atoms with Crippen molar-refractivity contribution in [1.82, 2.24) is 0 Å². The monoisotopic (exact) mass is 231 g/mol. The van der Waals surface area contributed by atoms with Crippen LogP contribution < -0.4 is 4.90 Å². The Bertz CT molecular complexity index is 380. The third-order valence-corrected chi connectivity index (χ3v) is 3.44. The minimum atomic E-state index is 0.278. The zero-order valence-electron chi connectivity index (χ0n) is 10.8. The molecule has 1 aliphatic rings. The fourth-order valence-electron chi connectivity index (χ4n) is 2.29. The third kappa shape index (κ3) is 2.87. The normalized spacial score (nSPS) is 17.4. The summed E-state index contributed by atoms with van der Waals surface area (Å²) in [5.41, 5.74) is 2.39. The van der Waals surface area contributed by atoms with E-state index in [2.05, 4.69) is 38.1 Å². The number of hydrogen-bond donors (Lipinski definition) is 0. The highest BCUT2D eigenvalue weighted by atomic mass is 16.2. The standard InChI is InChI=1S/C15H21NO/c1-12(2)13-7-9-14(10-8-13)16-11-5-3-4-6-15(16)17/h7-10,12H,3-6,11H2,1-2H3. The summed E-state index contributed by atoms with van der Waals surface area (Å²) in [7, 11) is 0. The maximum absolute atomic E-state index is 12.0. The highest BCUT2D eigenvalue weighted by Gasteiger charge is 2.17. The molecule has 92 valence electrons. The molecule has 1 aliphatic heterocycles. The van der Waals surface area contributed by atoms with E-state index in [1.807, 2.05) is 4.90 Å². The molecular weight excluding hydrogens is 210 g/mol. The molecule has 0 radical (unpaired) electrons. The van der Waals surface area contributed by atoms with Crippen LogP contribution in [0.2, 0.25) is 0 Å². The molecule has 1 aromatic carbocycles. The number of carbonyl (C=O) groups excluding carboxylic acids is 1. The Morgan fingerprint density at radius 1 is 1.06 bits per heavy atom. The van der Waals surface area contributed by atoms with Crippen molar-refractivity contribution in [3.05, 3.63) is 29.8 Å². The van der Waals surface area contributed by atoms with E-state index in [4.69, 9.17) is 0 Å². The zero-order chi connectivity index (χ0) is 12.3. The van der Waals surface area contributed by atoms with Crippen molar-refractivity contribution in [3.63, 3.8) is 0 Å². The largest absolute Gasteiger partial charge is 0.312 e. The van der Waals surface area contributed by atoms with E-state index in [0.29, 0.717) is 12.3 Å². The second-order valence-corrected chi connectivity index (χ2v) is 5.10. The first-order valence-electron chi connectivity index (χ1n) is 6.59. The van der Waals surface area contributed by atoms with E-state index in [1.54, 1.807) is 0 Å². The molecule has 2 nitrogen and oxygen atoms in total. The number of amides is 1. The van der Waals surface area contributed by atoms with Gasteiger partial charge >= 0.3 is 0 Å². The van der Waals surface area contributed by atoms with Crippen molar-refractivity contribution >= 4 is 11.6 Å². The van der Waals surface area contributed by atoms with Gasteiger partial charge in [-0.05, 0) is 36.5 Å².